The van der Waals surface area contributed by atoms with Crippen LogP contribution in [0.5, 0.6) is 0 Å². The molecule has 0 aromatic heterocycles. The highest BCUT2D eigenvalue weighted by molar-refractivity contribution is 5.48. The Kier molecular flexibility index (Phi) is 4.71. The van der Waals surface area contributed by atoms with Crippen LogP contribution in [0.2, 0.25) is 0 Å². The molecule has 2 N–H and O–H groups in total. The summed E-state index contributed by atoms with van der Waals surface area (Å²) in [7, 11) is 0. The average Bonchev–Trinajstić information content (AvgIpc) is 2.46. The molecule has 0 saturated carbocycles. The minimum Gasteiger partial charge on any atom is -0.369 e. The molecule has 3 heteroatoms. The second kappa shape index (κ2) is 6.15. The van der Waals surface area contributed by atoms with Crippen LogP contribution in [0.15, 0.2) is 24.3 Å². The van der Waals surface area contributed by atoms with E-state index in [1.165, 1.54) is 11.3 Å². The summed E-state index contributed by atoms with van der Waals surface area (Å²) in [5, 5.41) is 0. The van der Waals surface area contributed by atoms with Gasteiger partial charge in [0.15, 0.2) is 0 Å². The van der Waals surface area contributed by atoms with Crippen molar-refractivity contribution in [3.63, 3.8) is 0 Å². The zero-order chi connectivity index (χ0) is 14.8. The van der Waals surface area contributed by atoms with Crippen molar-refractivity contribution in [2.45, 2.75) is 45.7 Å². The monoisotopic (exact) mass is 275 g/mol. The van der Waals surface area contributed by atoms with Crippen molar-refractivity contribution in [3.05, 3.63) is 29.8 Å². The van der Waals surface area contributed by atoms with Crippen LogP contribution >= 0.6 is 0 Å². The summed E-state index contributed by atoms with van der Waals surface area (Å²) >= 11 is 0. The second-order valence-electron chi connectivity index (χ2n) is 6.75. The molecule has 1 saturated heterocycles. The highest BCUT2D eigenvalue weighted by Crippen LogP contribution is 2.23. The minimum absolute atomic E-state index is 0.168. The third kappa shape index (κ3) is 3.53. The quantitative estimate of drug-likeness (QED) is 0.920. The molecule has 0 radical (unpaired) electrons. The molecule has 1 aliphatic rings. The zero-order valence-electron chi connectivity index (χ0n) is 13.4. The minimum atomic E-state index is 0.168. The Morgan fingerprint density at radius 3 is 2.05 bits per heavy atom. The van der Waals surface area contributed by atoms with Gasteiger partial charge in [0.1, 0.15) is 0 Å². The predicted molar refractivity (Wildman–Crippen MR) is 87.2 cm³/mol. The Labute approximate surface area is 123 Å². The van der Waals surface area contributed by atoms with Crippen molar-refractivity contribution in [2.75, 3.05) is 31.1 Å². The third-order valence-corrected chi connectivity index (χ3v) is 4.35. The lowest BCUT2D eigenvalue weighted by Crippen LogP contribution is -2.53. The SMILES string of the molecule is CC[C@H](N)c1ccc(N2CCN(C(C)(C)C)CC2)cc1. The first kappa shape index (κ1) is 15.3. The fourth-order valence-corrected chi connectivity index (χ4v) is 2.80. The van der Waals surface area contributed by atoms with E-state index >= 15 is 0 Å². The van der Waals surface area contributed by atoms with Crippen molar-refractivity contribution >= 4 is 5.69 Å². The van der Waals surface area contributed by atoms with Crippen LogP contribution < -0.4 is 10.6 Å². The highest BCUT2D eigenvalue weighted by Gasteiger charge is 2.25. The van der Waals surface area contributed by atoms with Crippen molar-refractivity contribution in [2.24, 2.45) is 5.73 Å². The normalized spacial score (nSPS) is 19.1. The molecule has 0 amide bonds. The number of rotatable bonds is 3. The molecule has 1 aromatic rings. The van der Waals surface area contributed by atoms with Crippen LogP contribution in [0.1, 0.15) is 45.7 Å². The van der Waals surface area contributed by atoms with E-state index in [-0.39, 0.29) is 11.6 Å². The maximum atomic E-state index is 6.07. The molecule has 112 valence electrons. The van der Waals surface area contributed by atoms with Crippen LogP contribution in [-0.4, -0.2) is 36.6 Å². The molecular formula is C17H29N3. The molecule has 1 fully saturated rings. The van der Waals surface area contributed by atoms with Gasteiger partial charge in [-0.05, 0) is 44.9 Å². The predicted octanol–water partition coefficient (Wildman–Crippen LogP) is 3.02. The molecule has 2 rings (SSSR count). The molecule has 1 aromatic carbocycles. The lowest BCUT2D eigenvalue weighted by molar-refractivity contribution is 0.128. The van der Waals surface area contributed by atoms with Crippen molar-refractivity contribution in [1.82, 2.24) is 4.90 Å². The molecule has 1 aliphatic heterocycles. The Hall–Kier alpha value is -1.06. The third-order valence-electron chi connectivity index (χ3n) is 4.35. The smallest absolute Gasteiger partial charge is 0.0367 e. The summed E-state index contributed by atoms with van der Waals surface area (Å²) in [6.07, 6.45) is 0.990. The molecule has 1 heterocycles. The van der Waals surface area contributed by atoms with Crippen LogP contribution in [0, 0.1) is 0 Å². The van der Waals surface area contributed by atoms with Gasteiger partial charge >= 0.3 is 0 Å². The number of benzene rings is 1. The first-order valence-corrected chi connectivity index (χ1v) is 7.77. The largest absolute Gasteiger partial charge is 0.369 e. The molecular weight excluding hydrogens is 246 g/mol. The first-order chi connectivity index (χ1) is 9.41. The topological polar surface area (TPSA) is 32.5 Å². The number of anilines is 1. The summed E-state index contributed by atoms with van der Waals surface area (Å²) in [6, 6.07) is 8.97. The maximum absolute atomic E-state index is 6.07. The van der Waals surface area contributed by atoms with E-state index in [1.54, 1.807) is 0 Å². The molecule has 0 bridgehead atoms. The Bertz CT molecular complexity index is 411. The van der Waals surface area contributed by atoms with E-state index in [4.69, 9.17) is 5.73 Å². The van der Waals surface area contributed by atoms with Gasteiger partial charge in [-0.1, -0.05) is 19.1 Å². The van der Waals surface area contributed by atoms with Crippen LogP contribution in [0.3, 0.4) is 0 Å². The summed E-state index contributed by atoms with van der Waals surface area (Å²) in [5.41, 5.74) is 8.92. The van der Waals surface area contributed by atoms with Gasteiger partial charge in [0.2, 0.25) is 0 Å². The van der Waals surface area contributed by atoms with Crippen molar-refractivity contribution < 1.29 is 0 Å². The molecule has 3 nitrogen and oxygen atoms in total. The van der Waals surface area contributed by atoms with Gasteiger partial charge in [-0.2, -0.15) is 0 Å². The van der Waals surface area contributed by atoms with Crippen LogP contribution in [-0.2, 0) is 0 Å². The first-order valence-electron chi connectivity index (χ1n) is 7.77. The van der Waals surface area contributed by atoms with Crippen LogP contribution in [0.4, 0.5) is 5.69 Å². The molecule has 0 aliphatic carbocycles. The summed E-state index contributed by atoms with van der Waals surface area (Å²) in [5.74, 6) is 0. The number of hydrogen-bond acceptors (Lipinski definition) is 3. The van der Waals surface area contributed by atoms with E-state index in [9.17, 15) is 0 Å². The fourth-order valence-electron chi connectivity index (χ4n) is 2.80. The van der Waals surface area contributed by atoms with Crippen molar-refractivity contribution in [1.29, 1.82) is 0 Å². The van der Waals surface area contributed by atoms with Gasteiger partial charge < -0.3 is 10.6 Å². The van der Waals surface area contributed by atoms with Gasteiger partial charge in [0.05, 0.1) is 0 Å². The van der Waals surface area contributed by atoms with Crippen molar-refractivity contribution in [3.8, 4) is 0 Å². The van der Waals surface area contributed by atoms with E-state index in [0.717, 1.165) is 32.6 Å². The van der Waals surface area contributed by atoms with E-state index < -0.39 is 0 Å². The van der Waals surface area contributed by atoms with Gasteiger partial charge in [0, 0.05) is 43.4 Å². The Balaban J connectivity index is 1.97. The lowest BCUT2D eigenvalue weighted by atomic mass is 10.0. The number of hydrogen-bond donors (Lipinski definition) is 1. The van der Waals surface area contributed by atoms with Gasteiger partial charge in [0.25, 0.3) is 0 Å². The highest BCUT2D eigenvalue weighted by atomic mass is 15.3. The van der Waals surface area contributed by atoms with E-state index in [1.807, 2.05) is 0 Å². The average molecular weight is 275 g/mol. The van der Waals surface area contributed by atoms with Gasteiger partial charge in [-0.15, -0.1) is 0 Å². The summed E-state index contributed by atoms with van der Waals surface area (Å²) in [6.45, 7) is 13.5. The Morgan fingerprint density at radius 2 is 1.60 bits per heavy atom. The van der Waals surface area contributed by atoms with Gasteiger partial charge in [-0.25, -0.2) is 0 Å². The summed E-state index contributed by atoms with van der Waals surface area (Å²) < 4.78 is 0. The molecule has 20 heavy (non-hydrogen) atoms. The number of nitrogens with zero attached hydrogens (tertiary/aromatic N) is 2. The molecule has 0 spiro atoms. The Morgan fingerprint density at radius 1 is 1.05 bits per heavy atom. The van der Waals surface area contributed by atoms with E-state index in [2.05, 4.69) is 61.8 Å². The number of piperazine rings is 1. The van der Waals surface area contributed by atoms with Gasteiger partial charge in [-0.3, -0.25) is 4.90 Å². The van der Waals surface area contributed by atoms with E-state index in [0.29, 0.717) is 0 Å². The molecule has 0 unspecified atom stereocenters. The van der Waals surface area contributed by atoms with Crippen LogP contribution in [0.25, 0.3) is 0 Å². The molecule has 1 atom stereocenters. The second-order valence-corrected chi connectivity index (χ2v) is 6.75. The summed E-state index contributed by atoms with van der Waals surface area (Å²) in [4.78, 5) is 5.04. The maximum Gasteiger partial charge on any atom is 0.0367 e. The number of nitrogens with two attached hydrogens (primary N) is 1. The fraction of sp³-hybridized carbons (Fsp3) is 0.647. The lowest BCUT2D eigenvalue weighted by Gasteiger charge is -2.43. The standard InChI is InChI=1S/C17H29N3/c1-5-16(18)14-6-8-15(9-7-14)19-10-12-20(13-11-19)17(2,3)4/h6-9,16H,5,10-13,18H2,1-4H3/t16-/m0/s1. The zero-order valence-corrected chi connectivity index (χ0v) is 13.4.